The van der Waals surface area contributed by atoms with E-state index in [4.69, 9.17) is 16.7 Å². The van der Waals surface area contributed by atoms with Crippen LogP contribution < -0.4 is 0 Å². The SMILES string of the molecule is CCN(CC)S(=O)(=O)c1cc(CO)ccc1Cl. The number of aliphatic hydroxyl groups is 1. The lowest BCUT2D eigenvalue weighted by Crippen LogP contribution is -2.30. The van der Waals surface area contributed by atoms with Crippen molar-refractivity contribution in [1.29, 1.82) is 0 Å². The van der Waals surface area contributed by atoms with Crippen LogP contribution in [0.5, 0.6) is 0 Å². The maximum absolute atomic E-state index is 12.2. The van der Waals surface area contributed by atoms with Crippen molar-refractivity contribution >= 4 is 21.6 Å². The number of aliphatic hydroxyl groups excluding tert-OH is 1. The van der Waals surface area contributed by atoms with Crippen LogP contribution in [0.2, 0.25) is 5.02 Å². The number of halogens is 1. The van der Waals surface area contributed by atoms with Crippen LogP contribution in [-0.4, -0.2) is 30.9 Å². The van der Waals surface area contributed by atoms with Crippen molar-refractivity contribution in [1.82, 2.24) is 4.31 Å². The lowest BCUT2D eigenvalue weighted by molar-refractivity contribution is 0.281. The Morgan fingerprint density at radius 1 is 1.29 bits per heavy atom. The van der Waals surface area contributed by atoms with Gasteiger partial charge in [-0.05, 0) is 17.7 Å². The predicted molar refractivity (Wildman–Crippen MR) is 67.5 cm³/mol. The largest absolute Gasteiger partial charge is 0.392 e. The zero-order valence-electron chi connectivity index (χ0n) is 9.85. The monoisotopic (exact) mass is 277 g/mol. The van der Waals surface area contributed by atoms with Gasteiger partial charge in [-0.15, -0.1) is 0 Å². The number of nitrogens with zero attached hydrogens (tertiary/aromatic N) is 1. The first kappa shape index (κ1) is 14.4. The molecule has 0 aromatic heterocycles. The van der Waals surface area contributed by atoms with Gasteiger partial charge in [-0.1, -0.05) is 31.5 Å². The fourth-order valence-corrected chi connectivity index (χ4v) is 3.53. The van der Waals surface area contributed by atoms with E-state index in [0.717, 1.165) is 0 Å². The van der Waals surface area contributed by atoms with Gasteiger partial charge in [0.1, 0.15) is 4.90 Å². The summed E-state index contributed by atoms with van der Waals surface area (Å²) in [5.41, 5.74) is 0.528. The van der Waals surface area contributed by atoms with Crippen molar-refractivity contribution in [2.45, 2.75) is 25.3 Å². The van der Waals surface area contributed by atoms with E-state index >= 15 is 0 Å². The molecule has 1 aromatic rings. The van der Waals surface area contributed by atoms with Gasteiger partial charge in [-0.25, -0.2) is 8.42 Å². The summed E-state index contributed by atoms with van der Waals surface area (Å²) in [5, 5.41) is 9.20. The van der Waals surface area contributed by atoms with Crippen LogP contribution in [0.15, 0.2) is 23.1 Å². The molecule has 6 heteroatoms. The molecule has 0 fully saturated rings. The van der Waals surface area contributed by atoms with E-state index in [1.54, 1.807) is 19.9 Å². The van der Waals surface area contributed by atoms with Gasteiger partial charge < -0.3 is 5.11 Å². The minimum absolute atomic E-state index is 0.0504. The number of sulfonamides is 1. The third kappa shape index (κ3) is 2.98. The van der Waals surface area contributed by atoms with Crippen LogP contribution in [0.4, 0.5) is 0 Å². The predicted octanol–water partition coefficient (Wildman–Crippen LogP) is 1.86. The molecular weight excluding hydrogens is 262 g/mol. The number of benzene rings is 1. The molecule has 4 nitrogen and oxygen atoms in total. The van der Waals surface area contributed by atoms with Crippen LogP contribution in [-0.2, 0) is 16.6 Å². The fourth-order valence-electron chi connectivity index (χ4n) is 1.55. The zero-order chi connectivity index (χ0) is 13.1. The second-order valence-electron chi connectivity index (χ2n) is 3.51. The van der Waals surface area contributed by atoms with Crippen molar-refractivity contribution in [3.05, 3.63) is 28.8 Å². The molecule has 0 radical (unpaired) electrons. The molecule has 0 saturated heterocycles. The normalized spacial score (nSPS) is 12.1. The van der Waals surface area contributed by atoms with Gasteiger partial charge in [0, 0.05) is 13.1 Å². The molecule has 0 unspecified atom stereocenters. The molecule has 0 aliphatic heterocycles. The average Bonchev–Trinajstić information content (AvgIpc) is 2.30. The van der Waals surface area contributed by atoms with Gasteiger partial charge in [0.15, 0.2) is 0 Å². The van der Waals surface area contributed by atoms with E-state index in [1.165, 1.54) is 16.4 Å². The highest BCUT2D eigenvalue weighted by Crippen LogP contribution is 2.25. The van der Waals surface area contributed by atoms with E-state index in [-0.39, 0.29) is 16.5 Å². The minimum Gasteiger partial charge on any atom is -0.392 e. The lowest BCUT2D eigenvalue weighted by atomic mass is 10.2. The van der Waals surface area contributed by atoms with E-state index in [1.807, 2.05) is 0 Å². The Hall–Kier alpha value is -0.620. The molecule has 0 aliphatic rings. The highest BCUT2D eigenvalue weighted by atomic mass is 35.5. The number of rotatable bonds is 5. The molecule has 0 saturated carbocycles. The first-order valence-corrected chi connectivity index (χ1v) is 7.18. The molecule has 96 valence electrons. The zero-order valence-corrected chi connectivity index (χ0v) is 11.4. The summed E-state index contributed by atoms with van der Waals surface area (Å²) in [6.45, 7) is 4.10. The maximum atomic E-state index is 12.2. The quantitative estimate of drug-likeness (QED) is 0.894. The summed E-state index contributed by atoms with van der Waals surface area (Å²) in [6, 6.07) is 4.50. The first-order valence-electron chi connectivity index (χ1n) is 5.36. The summed E-state index contributed by atoms with van der Waals surface area (Å²) in [7, 11) is -3.57. The highest BCUT2D eigenvalue weighted by molar-refractivity contribution is 7.89. The number of hydrogen-bond donors (Lipinski definition) is 1. The van der Waals surface area contributed by atoms with Crippen LogP contribution >= 0.6 is 11.6 Å². The van der Waals surface area contributed by atoms with E-state index in [9.17, 15) is 8.42 Å². The summed E-state index contributed by atoms with van der Waals surface area (Å²) < 4.78 is 25.8. The average molecular weight is 278 g/mol. The van der Waals surface area contributed by atoms with Gasteiger partial charge in [0.05, 0.1) is 11.6 Å². The highest BCUT2D eigenvalue weighted by Gasteiger charge is 2.24. The Morgan fingerprint density at radius 2 is 1.88 bits per heavy atom. The summed E-state index contributed by atoms with van der Waals surface area (Å²) in [6.07, 6.45) is 0. The smallest absolute Gasteiger partial charge is 0.244 e. The molecule has 1 aromatic carbocycles. The third-order valence-electron chi connectivity index (χ3n) is 2.50. The summed E-state index contributed by atoms with van der Waals surface area (Å²) in [4.78, 5) is 0.0504. The topological polar surface area (TPSA) is 57.6 Å². The van der Waals surface area contributed by atoms with Gasteiger partial charge in [-0.2, -0.15) is 4.31 Å². The fraction of sp³-hybridized carbons (Fsp3) is 0.455. The molecule has 17 heavy (non-hydrogen) atoms. The second kappa shape index (κ2) is 5.82. The Morgan fingerprint density at radius 3 is 2.35 bits per heavy atom. The van der Waals surface area contributed by atoms with E-state index < -0.39 is 10.0 Å². The molecule has 0 atom stereocenters. The molecule has 0 amide bonds. The van der Waals surface area contributed by atoms with Crippen molar-refractivity contribution in [2.24, 2.45) is 0 Å². The minimum atomic E-state index is -3.57. The van der Waals surface area contributed by atoms with E-state index in [0.29, 0.717) is 18.7 Å². The van der Waals surface area contributed by atoms with Gasteiger partial charge in [0.2, 0.25) is 10.0 Å². The molecule has 0 bridgehead atoms. The van der Waals surface area contributed by atoms with Crippen LogP contribution in [0, 0.1) is 0 Å². The van der Waals surface area contributed by atoms with E-state index in [2.05, 4.69) is 0 Å². The molecule has 1 N–H and O–H groups in total. The Balaban J connectivity index is 3.31. The first-order chi connectivity index (χ1) is 7.97. The van der Waals surface area contributed by atoms with Gasteiger partial charge in [0.25, 0.3) is 0 Å². The molecule has 0 heterocycles. The Kier molecular flexibility index (Phi) is 4.94. The maximum Gasteiger partial charge on any atom is 0.244 e. The van der Waals surface area contributed by atoms with Crippen molar-refractivity contribution in [2.75, 3.05) is 13.1 Å². The molecule has 0 spiro atoms. The standard InChI is InChI=1S/C11H16ClNO3S/c1-3-13(4-2)17(15,16)11-7-9(8-14)5-6-10(11)12/h5-7,14H,3-4,8H2,1-2H3. The van der Waals surface area contributed by atoms with Crippen molar-refractivity contribution < 1.29 is 13.5 Å². The van der Waals surface area contributed by atoms with Crippen molar-refractivity contribution in [3.63, 3.8) is 0 Å². The summed E-state index contributed by atoms with van der Waals surface area (Å²) in [5.74, 6) is 0. The van der Waals surface area contributed by atoms with Gasteiger partial charge >= 0.3 is 0 Å². The van der Waals surface area contributed by atoms with Crippen LogP contribution in [0.25, 0.3) is 0 Å². The second-order valence-corrected chi connectivity index (χ2v) is 5.83. The molecule has 0 aliphatic carbocycles. The lowest BCUT2D eigenvalue weighted by Gasteiger charge is -2.19. The van der Waals surface area contributed by atoms with Crippen LogP contribution in [0.1, 0.15) is 19.4 Å². The molecule has 1 rings (SSSR count). The summed E-state index contributed by atoms with van der Waals surface area (Å²) >= 11 is 5.91. The molecular formula is C11H16ClNO3S. The van der Waals surface area contributed by atoms with Gasteiger partial charge in [-0.3, -0.25) is 0 Å². The van der Waals surface area contributed by atoms with Crippen molar-refractivity contribution in [3.8, 4) is 0 Å². The Bertz CT molecular complexity index is 483. The number of hydrogen-bond acceptors (Lipinski definition) is 3. The third-order valence-corrected chi connectivity index (χ3v) is 5.03. The Labute approximate surface area is 107 Å². The van der Waals surface area contributed by atoms with Crippen LogP contribution in [0.3, 0.4) is 0 Å².